The summed E-state index contributed by atoms with van der Waals surface area (Å²) in [7, 11) is 1.50. The predicted molar refractivity (Wildman–Crippen MR) is 108 cm³/mol. The Morgan fingerprint density at radius 1 is 1.23 bits per heavy atom. The summed E-state index contributed by atoms with van der Waals surface area (Å²) >= 11 is 0. The third-order valence-electron chi connectivity index (χ3n) is 5.38. The molecule has 31 heavy (non-hydrogen) atoms. The van der Waals surface area contributed by atoms with Crippen LogP contribution in [0, 0.1) is 19.7 Å². The zero-order valence-electron chi connectivity index (χ0n) is 17.3. The van der Waals surface area contributed by atoms with E-state index in [0.29, 0.717) is 11.5 Å². The summed E-state index contributed by atoms with van der Waals surface area (Å²) in [6.07, 6.45) is -0.852. The van der Waals surface area contributed by atoms with Crippen LogP contribution in [0.1, 0.15) is 17.0 Å². The lowest BCUT2D eigenvalue weighted by molar-refractivity contribution is -0.140. The van der Waals surface area contributed by atoms with Crippen molar-refractivity contribution in [1.82, 2.24) is 24.5 Å². The van der Waals surface area contributed by atoms with Crippen molar-refractivity contribution in [1.29, 1.82) is 0 Å². The molecule has 2 atom stereocenters. The topological polar surface area (TPSA) is 117 Å². The van der Waals surface area contributed by atoms with Crippen LogP contribution >= 0.6 is 0 Å². The third kappa shape index (κ3) is 3.41. The second kappa shape index (κ2) is 7.49. The van der Waals surface area contributed by atoms with Gasteiger partial charge >= 0.3 is 6.03 Å². The molecule has 162 valence electrons. The summed E-state index contributed by atoms with van der Waals surface area (Å²) < 4.78 is 16.0. The number of fused-ring (bicyclic) bond motifs is 1. The van der Waals surface area contributed by atoms with Crippen molar-refractivity contribution in [3.8, 4) is 0 Å². The van der Waals surface area contributed by atoms with E-state index in [0.717, 1.165) is 16.3 Å². The number of halogens is 1. The molecule has 0 aliphatic carbocycles. The number of carbonyl (C=O) groups excluding carboxylic acids is 3. The number of aryl methyl sites for hydroxylation is 2. The molecule has 0 radical (unpaired) electrons. The largest absolute Gasteiger partial charge is 0.368 e. The lowest BCUT2D eigenvalue weighted by Gasteiger charge is -2.40. The minimum atomic E-state index is -0.958. The molecule has 2 aliphatic rings. The normalized spacial score (nSPS) is 20.9. The van der Waals surface area contributed by atoms with Crippen LogP contribution in [0.5, 0.6) is 0 Å². The molecule has 2 aromatic rings. The van der Waals surface area contributed by atoms with Gasteiger partial charge < -0.3 is 15.5 Å². The fourth-order valence-corrected chi connectivity index (χ4v) is 3.95. The maximum Gasteiger partial charge on any atom is 0.328 e. The van der Waals surface area contributed by atoms with E-state index in [4.69, 9.17) is 5.73 Å². The number of nitrogens with zero attached hydrogens (tertiary/aromatic N) is 6. The van der Waals surface area contributed by atoms with Crippen LogP contribution in [-0.2, 0) is 16.1 Å². The average Bonchev–Trinajstić information content (AvgIpc) is 3.24. The maximum absolute atomic E-state index is 14.5. The Balaban J connectivity index is 1.81. The van der Waals surface area contributed by atoms with Gasteiger partial charge in [0, 0.05) is 24.8 Å². The molecule has 0 saturated carbocycles. The molecule has 2 aliphatic heterocycles. The van der Waals surface area contributed by atoms with Gasteiger partial charge in [-0.1, -0.05) is 18.2 Å². The quantitative estimate of drug-likeness (QED) is 0.760. The Hall–Kier alpha value is -3.76. The second-order valence-electron chi connectivity index (χ2n) is 7.63. The Kier molecular flexibility index (Phi) is 4.96. The van der Waals surface area contributed by atoms with Gasteiger partial charge in [0.2, 0.25) is 11.9 Å². The monoisotopic (exact) mass is 427 g/mol. The van der Waals surface area contributed by atoms with Gasteiger partial charge in [0.25, 0.3) is 5.91 Å². The number of urea groups is 1. The molecule has 1 aromatic carbocycles. The van der Waals surface area contributed by atoms with E-state index in [9.17, 15) is 18.8 Å². The minimum Gasteiger partial charge on any atom is -0.368 e. The Labute approximate surface area is 177 Å². The molecule has 1 fully saturated rings. The first-order valence-corrected chi connectivity index (χ1v) is 9.67. The molecule has 4 amide bonds. The van der Waals surface area contributed by atoms with E-state index in [1.807, 2.05) is 19.9 Å². The highest BCUT2D eigenvalue weighted by Crippen LogP contribution is 2.30. The van der Waals surface area contributed by atoms with Gasteiger partial charge in [-0.2, -0.15) is 5.10 Å². The van der Waals surface area contributed by atoms with Crippen LogP contribution in [0.15, 0.2) is 35.3 Å². The van der Waals surface area contributed by atoms with Crippen molar-refractivity contribution in [3.63, 3.8) is 0 Å². The molecule has 11 heteroatoms. The van der Waals surface area contributed by atoms with E-state index in [1.54, 1.807) is 27.8 Å². The summed E-state index contributed by atoms with van der Waals surface area (Å²) in [5.74, 6) is -1.55. The maximum atomic E-state index is 14.5. The zero-order valence-corrected chi connectivity index (χ0v) is 17.3. The third-order valence-corrected chi connectivity index (χ3v) is 5.38. The van der Waals surface area contributed by atoms with E-state index < -0.39 is 42.4 Å². The molecule has 1 saturated heterocycles. The SMILES string of the molecule is Cc1cc(C)n(C2=NC3C(C(=O)N(CC(N)=O)C(=O)N3C)N2Cc2ccccc2F)n1. The summed E-state index contributed by atoms with van der Waals surface area (Å²) in [6.45, 7) is 3.13. The molecule has 0 spiro atoms. The van der Waals surface area contributed by atoms with Crippen molar-refractivity contribution < 1.29 is 18.8 Å². The van der Waals surface area contributed by atoms with Crippen molar-refractivity contribution in [2.45, 2.75) is 32.6 Å². The molecule has 2 N–H and O–H groups in total. The van der Waals surface area contributed by atoms with E-state index in [1.165, 1.54) is 18.0 Å². The fraction of sp³-hybridized carbons (Fsp3) is 0.350. The Morgan fingerprint density at radius 3 is 2.55 bits per heavy atom. The summed E-state index contributed by atoms with van der Waals surface area (Å²) in [5, 5.41) is 4.45. The number of amides is 4. The van der Waals surface area contributed by atoms with Crippen LogP contribution in [0.4, 0.5) is 9.18 Å². The lowest BCUT2D eigenvalue weighted by atomic mass is 10.1. The first kappa shape index (κ1) is 20.5. The molecular weight excluding hydrogens is 405 g/mol. The number of imide groups is 1. The second-order valence-corrected chi connectivity index (χ2v) is 7.63. The summed E-state index contributed by atoms with van der Waals surface area (Å²) in [5.41, 5.74) is 7.10. The first-order chi connectivity index (χ1) is 14.7. The van der Waals surface area contributed by atoms with Gasteiger partial charge in [-0.15, -0.1) is 0 Å². The molecule has 3 heterocycles. The van der Waals surface area contributed by atoms with Gasteiger partial charge in [-0.05, 0) is 26.0 Å². The van der Waals surface area contributed by atoms with Crippen molar-refractivity contribution >= 4 is 23.8 Å². The molecule has 4 rings (SSSR count). The highest BCUT2D eigenvalue weighted by molar-refractivity contribution is 6.05. The van der Waals surface area contributed by atoms with Gasteiger partial charge in [-0.3, -0.25) is 14.5 Å². The number of rotatable bonds is 4. The number of benzene rings is 1. The molecule has 10 nitrogen and oxygen atoms in total. The number of hydrogen-bond acceptors (Lipinski definition) is 6. The average molecular weight is 427 g/mol. The molecule has 1 aromatic heterocycles. The van der Waals surface area contributed by atoms with E-state index in [-0.39, 0.29) is 6.54 Å². The highest BCUT2D eigenvalue weighted by atomic mass is 19.1. The Bertz CT molecular complexity index is 1110. The number of aromatic nitrogens is 2. The smallest absolute Gasteiger partial charge is 0.328 e. The van der Waals surface area contributed by atoms with E-state index >= 15 is 0 Å². The van der Waals surface area contributed by atoms with Crippen molar-refractivity contribution in [2.24, 2.45) is 10.7 Å². The van der Waals surface area contributed by atoms with Crippen LogP contribution < -0.4 is 5.73 Å². The number of primary amides is 1. The lowest BCUT2D eigenvalue weighted by Crippen LogP contribution is -2.66. The summed E-state index contributed by atoms with van der Waals surface area (Å²) in [4.78, 5) is 45.8. The zero-order chi connectivity index (χ0) is 22.4. The fourth-order valence-electron chi connectivity index (χ4n) is 3.95. The standard InChI is InChI=1S/C20H22FN7O3/c1-11-8-12(2)28(24-11)19-23-17-16(26(19)9-13-6-4-5-7-14(13)21)18(30)27(10-15(22)29)20(31)25(17)3/h4-8,16-17H,9-10H2,1-3H3,(H2,22,29). The highest BCUT2D eigenvalue weighted by Gasteiger charge is 2.53. The van der Waals surface area contributed by atoms with Crippen LogP contribution in [0.25, 0.3) is 0 Å². The molecular formula is C20H22FN7O3. The number of aliphatic imine (C=N–C) groups is 1. The summed E-state index contributed by atoms with van der Waals surface area (Å²) in [6, 6.07) is 6.45. The van der Waals surface area contributed by atoms with Gasteiger partial charge in [0.05, 0.1) is 5.69 Å². The Morgan fingerprint density at radius 2 is 1.94 bits per heavy atom. The van der Waals surface area contributed by atoms with Crippen molar-refractivity contribution in [2.75, 3.05) is 13.6 Å². The number of hydrogen-bond donors (Lipinski definition) is 1. The molecule has 0 bridgehead atoms. The van der Waals surface area contributed by atoms with Crippen LogP contribution in [0.2, 0.25) is 0 Å². The van der Waals surface area contributed by atoms with Gasteiger partial charge in [0.15, 0.2) is 12.2 Å². The van der Waals surface area contributed by atoms with Gasteiger partial charge in [-0.25, -0.2) is 18.9 Å². The predicted octanol–water partition coefficient (Wildman–Crippen LogP) is 0.433. The van der Waals surface area contributed by atoms with Gasteiger partial charge in [0.1, 0.15) is 12.4 Å². The van der Waals surface area contributed by atoms with Crippen molar-refractivity contribution in [3.05, 3.63) is 53.1 Å². The van der Waals surface area contributed by atoms with Crippen LogP contribution in [-0.4, -0.2) is 74.1 Å². The van der Waals surface area contributed by atoms with Crippen LogP contribution in [0.3, 0.4) is 0 Å². The van der Waals surface area contributed by atoms with E-state index in [2.05, 4.69) is 10.1 Å². The first-order valence-electron chi connectivity index (χ1n) is 9.67. The number of carbonyl (C=O) groups is 3. The minimum absolute atomic E-state index is 0.0171. The number of likely N-dealkylation sites (N-methyl/N-ethyl adjacent to an activating group) is 1. The number of nitrogens with two attached hydrogens (primary N) is 1. The molecule has 2 unspecified atom stereocenters.